The number of amides is 1. The summed E-state index contributed by atoms with van der Waals surface area (Å²) in [6, 6.07) is 6.79. The summed E-state index contributed by atoms with van der Waals surface area (Å²) in [6.45, 7) is 0.222. The van der Waals surface area contributed by atoms with Crippen LogP contribution in [0.25, 0.3) is 10.9 Å². The number of carbonyl (C=O) groups excluding carboxylic acids is 1. The van der Waals surface area contributed by atoms with Crippen LogP contribution in [0.2, 0.25) is 0 Å². The molecule has 1 saturated heterocycles. The van der Waals surface area contributed by atoms with Gasteiger partial charge < -0.3 is 4.90 Å². The van der Waals surface area contributed by atoms with E-state index in [9.17, 15) is 18.0 Å². The zero-order valence-electron chi connectivity index (χ0n) is 13.4. The van der Waals surface area contributed by atoms with E-state index in [1.807, 2.05) is 6.07 Å². The lowest BCUT2D eigenvalue weighted by atomic mass is 10.2. The summed E-state index contributed by atoms with van der Waals surface area (Å²) < 4.78 is 24.5. The van der Waals surface area contributed by atoms with Gasteiger partial charge in [-0.2, -0.15) is 0 Å². The van der Waals surface area contributed by atoms with E-state index in [1.165, 1.54) is 15.8 Å². The van der Waals surface area contributed by atoms with Crippen molar-refractivity contribution in [3.05, 3.63) is 40.9 Å². The van der Waals surface area contributed by atoms with E-state index in [1.54, 1.807) is 25.2 Å². The highest BCUT2D eigenvalue weighted by Crippen LogP contribution is 2.17. The molecule has 1 aromatic heterocycles. The van der Waals surface area contributed by atoms with Gasteiger partial charge in [0.2, 0.25) is 5.91 Å². The lowest BCUT2D eigenvalue weighted by molar-refractivity contribution is -0.131. The summed E-state index contributed by atoms with van der Waals surface area (Å²) >= 11 is 0. The molecular formula is C16H19N3O4S. The van der Waals surface area contributed by atoms with E-state index in [-0.39, 0.29) is 42.0 Å². The van der Waals surface area contributed by atoms with Crippen LogP contribution in [0.5, 0.6) is 0 Å². The number of benzene rings is 1. The Balaban J connectivity index is 1.68. The second-order valence-corrected chi connectivity index (χ2v) is 8.30. The number of nitrogens with zero attached hydrogens (tertiary/aromatic N) is 3. The predicted octanol–water partition coefficient (Wildman–Crippen LogP) is 0.432. The fraction of sp³-hybridized carbons (Fsp3) is 0.438. The number of hydrogen-bond donors (Lipinski definition) is 0. The molecule has 1 atom stereocenters. The molecule has 0 spiro atoms. The van der Waals surface area contributed by atoms with Crippen molar-refractivity contribution >= 4 is 26.6 Å². The monoisotopic (exact) mass is 349 g/mol. The summed E-state index contributed by atoms with van der Waals surface area (Å²) in [5, 5.41) is 0.516. The van der Waals surface area contributed by atoms with Crippen LogP contribution in [-0.4, -0.2) is 53.4 Å². The molecule has 0 bridgehead atoms. The zero-order valence-corrected chi connectivity index (χ0v) is 14.2. The van der Waals surface area contributed by atoms with Gasteiger partial charge in [0.25, 0.3) is 5.56 Å². The molecule has 0 radical (unpaired) electrons. The third-order valence-corrected chi connectivity index (χ3v) is 6.20. The van der Waals surface area contributed by atoms with Crippen LogP contribution in [0.3, 0.4) is 0 Å². The molecule has 128 valence electrons. The molecule has 8 heteroatoms. The molecule has 0 N–H and O–H groups in total. The first kappa shape index (κ1) is 16.6. The van der Waals surface area contributed by atoms with Crippen molar-refractivity contribution in [3.63, 3.8) is 0 Å². The number of carbonyl (C=O) groups is 1. The normalized spacial score (nSPS) is 19.5. The van der Waals surface area contributed by atoms with E-state index < -0.39 is 9.84 Å². The molecule has 0 aliphatic carbocycles. The molecule has 1 aromatic carbocycles. The second kappa shape index (κ2) is 6.35. The molecule has 24 heavy (non-hydrogen) atoms. The van der Waals surface area contributed by atoms with E-state index in [2.05, 4.69) is 4.98 Å². The number of aromatic nitrogens is 2. The van der Waals surface area contributed by atoms with Crippen LogP contribution in [-0.2, 0) is 21.2 Å². The Morgan fingerprint density at radius 2 is 2.12 bits per heavy atom. The van der Waals surface area contributed by atoms with Gasteiger partial charge in [0.1, 0.15) is 0 Å². The van der Waals surface area contributed by atoms with Crippen molar-refractivity contribution in [2.75, 3.05) is 18.6 Å². The summed E-state index contributed by atoms with van der Waals surface area (Å²) in [5.41, 5.74) is 0.442. The minimum atomic E-state index is -3.03. The van der Waals surface area contributed by atoms with E-state index in [4.69, 9.17) is 0 Å². The number of rotatable bonds is 4. The van der Waals surface area contributed by atoms with Crippen molar-refractivity contribution in [3.8, 4) is 0 Å². The summed E-state index contributed by atoms with van der Waals surface area (Å²) in [4.78, 5) is 30.4. The molecule has 2 heterocycles. The van der Waals surface area contributed by atoms with Gasteiger partial charge in [-0.25, -0.2) is 13.4 Å². The van der Waals surface area contributed by atoms with E-state index >= 15 is 0 Å². The molecule has 2 aromatic rings. The van der Waals surface area contributed by atoms with Crippen molar-refractivity contribution in [1.82, 2.24) is 14.5 Å². The lowest BCUT2D eigenvalue weighted by Gasteiger charge is -2.23. The number of hydrogen-bond acceptors (Lipinski definition) is 5. The lowest BCUT2D eigenvalue weighted by Crippen LogP contribution is -2.38. The summed E-state index contributed by atoms with van der Waals surface area (Å²) in [5.74, 6) is -0.0204. The Labute approximate surface area is 139 Å². The van der Waals surface area contributed by atoms with Gasteiger partial charge >= 0.3 is 0 Å². The third-order valence-electron chi connectivity index (χ3n) is 4.45. The Morgan fingerprint density at radius 3 is 2.83 bits per heavy atom. The minimum Gasteiger partial charge on any atom is -0.342 e. The molecule has 3 rings (SSSR count). The van der Waals surface area contributed by atoms with Crippen molar-refractivity contribution in [1.29, 1.82) is 0 Å². The van der Waals surface area contributed by atoms with Gasteiger partial charge in [-0.05, 0) is 18.6 Å². The number of para-hydroxylation sites is 1. The van der Waals surface area contributed by atoms with Gasteiger partial charge in [0, 0.05) is 26.1 Å². The molecular weight excluding hydrogens is 330 g/mol. The fourth-order valence-corrected chi connectivity index (χ4v) is 4.72. The Bertz CT molecular complexity index is 936. The molecule has 1 amide bonds. The predicted molar refractivity (Wildman–Crippen MR) is 90.4 cm³/mol. The highest BCUT2D eigenvalue weighted by Gasteiger charge is 2.32. The molecule has 1 fully saturated rings. The van der Waals surface area contributed by atoms with Crippen LogP contribution < -0.4 is 5.56 Å². The van der Waals surface area contributed by atoms with Gasteiger partial charge in [-0.3, -0.25) is 14.2 Å². The van der Waals surface area contributed by atoms with Crippen molar-refractivity contribution in [2.45, 2.75) is 25.4 Å². The summed E-state index contributed by atoms with van der Waals surface area (Å²) in [7, 11) is -1.41. The minimum absolute atomic E-state index is 0.0206. The Hall–Kier alpha value is -2.22. The highest BCUT2D eigenvalue weighted by molar-refractivity contribution is 7.91. The number of fused-ring (bicyclic) bond motifs is 1. The maximum atomic E-state index is 12.4. The van der Waals surface area contributed by atoms with E-state index in [0.29, 0.717) is 17.3 Å². The maximum Gasteiger partial charge on any atom is 0.261 e. The highest BCUT2D eigenvalue weighted by atomic mass is 32.2. The average molecular weight is 349 g/mol. The third kappa shape index (κ3) is 3.33. The smallest absolute Gasteiger partial charge is 0.261 e. The van der Waals surface area contributed by atoms with Crippen LogP contribution >= 0.6 is 0 Å². The Kier molecular flexibility index (Phi) is 4.40. The van der Waals surface area contributed by atoms with Gasteiger partial charge in [0.05, 0.1) is 28.7 Å². The first-order chi connectivity index (χ1) is 11.4. The first-order valence-electron chi connectivity index (χ1n) is 7.78. The fourth-order valence-electron chi connectivity index (χ4n) is 2.94. The molecule has 1 aliphatic rings. The molecule has 0 unspecified atom stereocenters. The van der Waals surface area contributed by atoms with Crippen molar-refractivity contribution in [2.24, 2.45) is 0 Å². The van der Waals surface area contributed by atoms with Gasteiger partial charge in [0.15, 0.2) is 9.84 Å². The first-order valence-corrected chi connectivity index (χ1v) is 9.60. The van der Waals surface area contributed by atoms with Crippen LogP contribution in [0.15, 0.2) is 35.4 Å². The standard InChI is InChI=1S/C16H19N3O4S/c1-18(12-7-9-24(22,23)10-12)15(20)6-8-19-11-17-14-5-3-2-4-13(14)16(19)21/h2-5,11-12H,6-10H2,1H3/t12-/m0/s1. The number of aryl methyl sites for hydroxylation is 1. The van der Waals surface area contributed by atoms with Crippen LogP contribution in [0.1, 0.15) is 12.8 Å². The quantitative estimate of drug-likeness (QED) is 0.799. The van der Waals surface area contributed by atoms with Gasteiger partial charge in [-0.1, -0.05) is 12.1 Å². The zero-order chi connectivity index (χ0) is 17.3. The van der Waals surface area contributed by atoms with E-state index in [0.717, 1.165) is 0 Å². The van der Waals surface area contributed by atoms with Crippen LogP contribution in [0.4, 0.5) is 0 Å². The Morgan fingerprint density at radius 1 is 1.38 bits per heavy atom. The molecule has 1 aliphatic heterocycles. The summed E-state index contributed by atoms with van der Waals surface area (Å²) in [6.07, 6.45) is 2.05. The number of sulfone groups is 1. The maximum absolute atomic E-state index is 12.4. The average Bonchev–Trinajstić information content (AvgIpc) is 2.93. The molecule has 0 saturated carbocycles. The van der Waals surface area contributed by atoms with Crippen LogP contribution in [0, 0.1) is 0 Å². The molecule has 7 nitrogen and oxygen atoms in total. The second-order valence-electron chi connectivity index (χ2n) is 6.07. The SMILES string of the molecule is CN(C(=O)CCn1cnc2ccccc2c1=O)[C@H]1CCS(=O)(=O)C1. The van der Waals surface area contributed by atoms with Crippen molar-refractivity contribution < 1.29 is 13.2 Å². The largest absolute Gasteiger partial charge is 0.342 e. The van der Waals surface area contributed by atoms with Gasteiger partial charge in [-0.15, -0.1) is 0 Å². The topological polar surface area (TPSA) is 89.3 Å².